The number of hydrogen-bond acceptors (Lipinski definition) is 3. The zero-order chi connectivity index (χ0) is 19.6. The number of benzene rings is 1. The van der Waals surface area contributed by atoms with Crippen molar-refractivity contribution in [3.05, 3.63) is 28.8 Å². The average Bonchev–Trinajstić information content (AvgIpc) is 3.07. The second-order valence-electron chi connectivity index (χ2n) is 6.66. The van der Waals surface area contributed by atoms with Crippen LogP contribution in [-0.2, 0) is 6.54 Å². The number of guanidine groups is 1. The fourth-order valence-electron chi connectivity index (χ4n) is 3.23. The second kappa shape index (κ2) is 13.4. The van der Waals surface area contributed by atoms with E-state index < -0.39 is 6.61 Å². The van der Waals surface area contributed by atoms with Crippen molar-refractivity contribution in [2.24, 2.45) is 10.9 Å². The number of rotatable bonds is 9. The highest BCUT2D eigenvalue weighted by molar-refractivity contribution is 14.0. The lowest BCUT2D eigenvalue weighted by molar-refractivity contribution is -0.0504. The van der Waals surface area contributed by atoms with Crippen LogP contribution in [0.1, 0.15) is 32.3 Å². The summed E-state index contributed by atoms with van der Waals surface area (Å²) in [6.07, 6.45) is 2.35. The van der Waals surface area contributed by atoms with Crippen molar-refractivity contribution in [3.8, 4) is 5.75 Å². The Balaban J connectivity index is 0.00000392. The summed E-state index contributed by atoms with van der Waals surface area (Å²) in [5.74, 6) is 1.35. The molecule has 160 valence electrons. The van der Waals surface area contributed by atoms with Gasteiger partial charge in [-0.05, 0) is 57.0 Å². The highest BCUT2D eigenvalue weighted by Crippen LogP contribution is 2.25. The number of hydrogen-bond donors (Lipinski definition) is 2. The second-order valence-corrected chi connectivity index (χ2v) is 7.10. The Morgan fingerprint density at radius 2 is 2.14 bits per heavy atom. The van der Waals surface area contributed by atoms with Crippen LogP contribution in [0.5, 0.6) is 5.75 Å². The summed E-state index contributed by atoms with van der Waals surface area (Å²) in [5, 5.41) is 7.01. The van der Waals surface area contributed by atoms with Crippen LogP contribution in [0.2, 0.25) is 5.02 Å². The molecule has 28 heavy (non-hydrogen) atoms. The van der Waals surface area contributed by atoms with Gasteiger partial charge in [0.25, 0.3) is 0 Å². The van der Waals surface area contributed by atoms with Gasteiger partial charge in [0.15, 0.2) is 5.96 Å². The Labute approximate surface area is 188 Å². The smallest absolute Gasteiger partial charge is 0.387 e. The molecule has 2 N–H and O–H groups in total. The van der Waals surface area contributed by atoms with E-state index in [4.69, 9.17) is 11.6 Å². The van der Waals surface area contributed by atoms with Crippen molar-refractivity contribution >= 4 is 41.5 Å². The molecule has 1 unspecified atom stereocenters. The predicted octanol–water partition coefficient (Wildman–Crippen LogP) is 4.35. The van der Waals surface area contributed by atoms with Gasteiger partial charge in [0.2, 0.25) is 0 Å². The molecule has 1 atom stereocenters. The van der Waals surface area contributed by atoms with Gasteiger partial charge in [-0.25, -0.2) is 4.99 Å². The summed E-state index contributed by atoms with van der Waals surface area (Å²) in [6, 6.07) is 4.57. The zero-order valence-corrected chi connectivity index (χ0v) is 19.5. The molecule has 5 nitrogen and oxygen atoms in total. The normalized spacial score (nSPS) is 17.5. The van der Waals surface area contributed by atoms with Crippen LogP contribution < -0.4 is 15.4 Å². The summed E-state index contributed by atoms with van der Waals surface area (Å²) < 4.78 is 29.7. The minimum Gasteiger partial charge on any atom is -0.434 e. The van der Waals surface area contributed by atoms with Gasteiger partial charge in [0, 0.05) is 30.2 Å². The van der Waals surface area contributed by atoms with Gasteiger partial charge in [-0.3, -0.25) is 0 Å². The first-order valence-corrected chi connectivity index (χ1v) is 9.87. The molecule has 9 heteroatoms. The fourth-order valence-corrected chi connectivity index (χ4v) is 3.42. The van der Waals surface area contributed by atoms with Gasteiger partial charge >= 0.3 is 6.61 Å². The first kappa shape index (κ1) is 25.2. The van der Waals surface area contributed by atoms with Crippen LogP contribution in [0.4, 0.5) is 8.78 Å². The van der Waals surface area contributed by atoms with Gasteiger partial charge in [-0.2, -0.15) is 8.78 Å². The van der Waals surface area contributed by atoms with Crippen molar-refractivity contribution < 1.29 is 13.5 Å². The minimum absolute atomic E-state index is 0. The summed E-state index contributed by atoms with van der Waals surface area (Å²) in [5.41, 5.74) is 0.523. The molecule has 0 spiro atoms. The first-order chi connectivity index (χ1) is 13.0. The van der Waals surface area contributed by atoms with Gasteiger partial charge < -0.3 is 20.3 Å². The monoisotopic (exact) mass is 530 g/mol. The van der Waals surface area contributed by atoms with Crippen LogP contribution in [0.3, 0.4) is 0 Å². The Morgan fingerprint density at radius 1 is 1.36 bits per heavy atom. The van der Waals surface area contributed by atoms with Gasteiger partial charge in [-0.1, -0.05) is 18.5 Å². The van der Waals surface area contributed by atoms with E-state index in [1.165, 1.54) is 25.0 Å². The Morgan fingerprint density at radius 3 is 2.82 bits per heavy atom. The molecule has 0 radical (unpaired) electrons. The summed E-state index contributed by atoms with van der Waals surface area (Å²) in [4.78, 5) is 6.99. The predicted molar refractivity (Wildman–Crippen MR) is 121 cm³/mol. The van der Waals surface area contributed by atoms with Crippen LogP contribution in [0.25, 0.3) is 0 Å². The maximum atomic E-state index is 12.6. The van der Waals surface area contributed by atoms with E-state index in [0.29, 0.717) is 29.0 Å². The van der Waals surface area contributed by atoms with Crippen LogP contribution in [-0.4, -0.2) is 50.2 Å². The number of ether oxygens (including phenoxy) is 1. The molecular weight excluding hydrogens is 501 g/mol. The molecule has 2 rings (SSSR count). The van der Waals surface area contributed by atoms with Crippen LogP contribution >= 0.6 is 35.6 Å². The summed E-state index contributed by atoms with van der Waals surface area (Å²) >= 11 is 5.99. The summed E-state index contributed by atoms with van der Waals surface area (Å²) in [6.45, 7) is 6.44. The lowest BCUT2D eigenvalue weighted by Gasteiger charge is -2.17. The van der Waals surface area contributed by atoms with Gasteiger partial charge in [0.1, 0.15) is 5.75 Å². The number of nitrogens with zero attached hydrogens (tertiary/aromatic N) is 2. The van der Waals surface area contributed by atoms with Crippen molar-refractivity contribution in [2.75, 3.05) is 32.7 Å². The topological polar surface area (TPSA) is 48.9 Å². The highest BCUT2D eigenvalue weighted by Gasteiger charge is 2.21. The molecule has 1 saturated heterocycles. The van der Waals surface area contributed by atoms with E-state index >= 15 is 0 Å². The largest absolute Gasteiger partial charge is 0.434 e. The number of alkyl halides is 2. The Bertz CT molecular complexity index is 622. The maximum Gasteiger partial charge on any atom is 0.387 e. The van der Waals surface area contributed by atoms with E-state index in [1.54, 1.807) is 6.07 Å². The van der Waals surface area contributed by atoms with Crippen LogP contribution in [0, 0.1) is 5.92 Å². The van der Waals surface area contributed by atoms with E-state index in [-0.39, 0.29) is 36.3 Å². The van der Waals surface area contributed by atoms with Crippen molar-refractivity contribution in [3.63, 3.8) is 0 Å². The van der Waals surface area contributed by atoms with Gasteiger partial charge in [0.05, 0.1) is 6.54 Å². The molecule has 1 aromatic carbocycles. The zero-order valence-electron chi connectivity index (χ0n) is 16.4. The van der Waals surface area contributed by atoms with E-state index in [1.807, 2.05) is 6.92 Å². The quantitative estimate of drug-likeness (QED) is 0.283. The highest BCUT2D eigenvalue weighted by atomic mass is 127. The Hall–Kier alpha value is -0.870. The number of nitrogens with one attached hydrogen (secondary N) is 2. The molecule has 1 aliphatic rings. The molecule has 1 heterocycles. The molecule has 0 bridgehead atoms. The molecule has 1 fully saturated rings. The third-order valence-corrected chi connectivity index (χ3v) is 4.69. The third-order valence-electron chi connectivity index (χ3n) is 4.46. The van der Waals surface area contributed by atoms with Crippen molar-refractivity contribution in [1.29, 1.82) is 0 Å². The third kappa shape index (κ3) is 8.65. The number of aliphatic imine (C=N–C) groups is 1. The molecule has 0 saturated carbocycles. The molecular formula is C19H30ClF2IN4O. The summed E-state index contributed by atoms with van der Waals surface area (Å²) in [7, 11) is 0. The van der Waals surface area contributed by atoms with E-state index in [2.05, 4.69) is 32.2 Å². The van der Waals surface area contributed by atoms with E-state index in [9.17, 15) is 8.78 Å². The minimum atomic E-state index is -2.88. The Kier molecular flexibility index (Phi) is 12.0. The lowest BCUT2D eigenvalue weighted by Crippen LogP contribution is -2.40. The van der Waals surface area contributed by atoms with Gasteiger partial charge in [-0.15, -0.1) is 24.0 Å². The van der Waals surface area contributed by atoms with Crippen molar-refractivity contribution in [1.82, 2.24) is 15.5 Å². The molecule has 0 amide bonds. The van der Waals surface area contributed by atoms with Crippen molar-refractivity contribution in [2.45, 2.75) is 39.8 Å². The molecule has 1 aromatic rings. The number of halogens is 4. The van der Waals surface area contributed by atoms with E-state index in [0.717, 1.165) is 26.2 Å². The SMILES string of the molecule is CCCN1CCC(CNC(=NCc2cc(Cl)ccc2OC(F)F)NCC)C1.I. The lowest BCUT2D eigenvalue weighted by atomic mass is 10.1. The molecule has 1 aliphatic heterocycles. The molecule has 0 aromatic heterocycles. The fraction of sp³-hybridized carbons (Fsp3) is 0.632. The molecule has 0 aliphatic carbocycles. The number of likely N-dealkylation sites (tertiary alicyclic amines) is 1. The van der Waals surface area contributed by atoms with Crippen LogP contribution in [0.15, 0.2) is 23.2 Å². The average molecular weight is 531 g/mol. The standard InChI is InChI=1S/C19H29ClF2N4O.HI/c1-3-8-26-9-7-14(13-26)11-24-19(23-4-2)25-12-15-10-16(20)5-6-17(15)27-18(21)22;/h5-6,10,14,18H,3-4,7-9,11-13H2,1-2H3,(H2,23,24,25);1H. The maximum absolute atomic E-state index is 12.6. The first-order valence-electron chi connectivity index (χ1n) is 9.49.